The van der Waals surface area contributed by atoms with Crippen LogP contribution < -0.4 is 4.74 Å². The molecule has 0 radical (unpaired) electrons. The van der Waals surface area contributed by atoms with Crippen LogP contribution in [0.1, 0.15) is 25.0 Å². The molecule has 2 aromatic carbocycles. The number of benzene rings is 2. The fraction of sp³-hybridized carbons (Fsp3) is 0.294. The summed E-state index contributed by atoms with van der Waals surface area (Å²) >= 11 is 5.95. The van der Waals surface area contributed by atoms with Gasteiger partial charge in [-0.25, -0.2) is 4.39 Å². The largest absolute Gasteiger partial charge is 0.452 e. The van der Waals surface area contributed by atoms with E-state index < -0.39 is 5.82 Å². The fourth-order valence-corrected chi connectivity index (χ4v) is 2.35. The van der Waals surface area contributed by atoms with Crippen LogP contribution in [0.2, 0.25) is 5.02 Å². The minimum atomic E-state index is -0.530. The fourth-order valence-electron chi connectivity index (χ4n) is 2.14. The first-order chi connectivity index (χ1) is 10.0. The molecule has 0 saturated heterocycles. The third-order valence-electron chi connectivity index (χ3n) is 3.07. The van der Waals surface area contributed by atoms with E-state index in [2.05, 4.69) is 13.8 Å². The molecule has 0 aliphatic rings. The second-order valence-electron chi connectivity index (χ2n) is 5.35. The van der Waals surface area contributed by atoms with E-state index in [1.165, 1.54) is 12.1 Å². The zero-order valence-electron chi connectivity index (χ0n) is 12.1. The molecule has 0 fully saturated rings. The highest BCUT2D eigenvalue weighted by Gasteiger charge is 2.12. The Kier molecular flexibility index (Phi) is 5.21. The highest BCUT2D eigenvalue weighted by molar-refractivity contribution is 6.32. The van der Waals surface area contributed by atoms with Crippen LogP contribution in [-0.4, -0.2) is 5.11 Å². The van der Waals surface area contributed by atoms with Crippen molar-refractivity contribution < 1.29 is 14.2 Å². The van der Waals surface area contributed by atoms with Crippen LogP contribution in [-0.2, 0) is 13.0 Å². The van der Waals surface area contributed by atoms with E-state index in [1.54, 1.807) is 12.1 Å². The molecule has 0 amide bonds. The summed E-state index contributed by atoms with van der Waals surface area (Å²) in [6.07, 6.45) is 0.910. The molecule has 0 spiro atoms. The highest BCUT2D eigenvalue weighted by atomic mass is 35.5. The van der Waals surface area contributed by atoms with Crippen LogP contribution >= 0.6 is 11.6 Å². The van der Waals surface area contributed by atoms with Crippen LogP contribution in [0, 0.1) is 11.7 Å². The molecular formula is C17H18ClFO2. The number of hydrogen-bond acceptors (Lipinski definition) is 2. The van der Waals surface area contributed by atoms with Gasteiger partial charge in [-0.15, -0.1) is 0 Å². The third kappa shape index (κ3) is 3.96. The van der Waals surface area contributed by atoms with E-state index in [-0.39, 0.29) is 17.4 Å². The molecule has 2 rings (SSSR count). The van der Waals surface area contributed by atoms with E-state index >= 15 is 0 Å². The van der Waals surface area contributed by atoms with E-state index in [1.807, 2.05) is 12.1 Å². The number of aliphatic hydroxyl groups excluding tert-OH is 1. The van der Waals surface area contributed by atoms with E-state index in [0.29, 0.717) is 17.2 Å². The molecule has 0 unspecified atom stereocenters. The normalized spacial score (nSPS) is 11.0. The van der Waals surface area contributed by atoms with E-state index in [4.69, 9.17) is 16.3 Å². The molecule has 1 N–H and O–H groups in total. The summed E-state index contributed by atoms with van der Waals surface area (Å²) in [7, 11) is 0. The average Bonchev–Trinajstić information content (AvgIpc) is 2.43. The van der Waals surface area contributed by atoms with Gasteiger partial charge in [0.2, 0.25) is 0 Å². The smallest absolute Gasteiger partial charge is 0.181 e. The van der Waals surface area contributed by atoms with Crippen LogP contribution in [0.3, 0.4) is 0 Å². The Morgan fingerprint density at radius 3 is 2.62 bits per heavy atom. The number of halogens is 2. The van der Waals surface area contributed by atoms with Gasteiger partial charge in [0, 0.05) is 5.56 Å². The molecule has 21 heavy (non-hydrogen) atoms. The first-order valence-electron chi connectivity index (χ1n) is 6.85. The van der Waals surface area contributed by atoms with Gasteiger partial charge >= 0.3 is 0 Å². The Balaban J connectivity index is 2.32. The molecule has 0 saturated carbocycles. The molecule has 4 heteroatoms. The van der Waals surface area contributed by atoms with Gasteiger partial charge in [-0.3, -0.25) is 0 Å². The summed E-state index contributed by atoms with van der Waals surface area (Å²) in [5.41, 5.74) is 1.73. The van der Waals surface area contributed by atoms with Gasteiger partial charge in [0.15, 0.2) is 11.6 Å². The summed E-state index contributed by atoms with van der Waals surface area (Å²) in [5, 5.41) is 9.69. The third-order valence-corrected chi connectivity index (χ3v) is 3.37. The Morgan fingerprint density at radius 2 is 2.00 bits per heavy atom. The molecule has 0 aliphatic heterocycles. The zero-order valence-corrected chi connectivity index (χ0v) is 12.8. The lowest BCUT2D eigenvalue weighted by Crippen LogP contribution is -1.99. The maximum Gasteiger partial charge on any atom is 0.181 e. The standard InChI is InChI=1S/C17H18ClFO2/c1-11(2)8-12-6-7-16(13(9-12)10-20)21-17-14(18)4-3-5-15(17)19/h3-7,9,11,20H,8,10H2,1-2H3. The van der Waals surface area contributed by atoms with Crippen LogP contribution in [0.25, 0.3) is 0 Å². The van der Waals surface area contributed by atoms with Crippen molar-refractivity contribution in [1.82, 2.24) is 0 Å². The zero-order chi connectivity index (χ0) is 15.4. The van der Waals surface area contributed by atoms with Crippen LogP contribution in [0.5, 0.6) is 11.5 Å². The summed E-state index contributed by atoms with van der Waals surface area (Å²) in [6.45, 7) is 4.08. The van der Waals surface area contributed by atoms with Crippen molar-refractivity contribution in [3.8, 4) is 11.5 Å². The number of ether oxygens (including phenoxy) is 1. The number of hydrogen-bond donors (Lipinski definition) is 1. The van der Waals surface area contributed by atoms with Crippen molar-refractivity contribution in [1.29, 1.82) is 0 Å². The van der Waals surface area contributed by atoms with Gasteiger partial charge in [0.25, 0.3) is 0 Å². The molecule has 0 atom stereocenters. The Bertz CT molecular complexity index is 606. The lowest BCUT2D eigenvalue weighted by molar-refractivity contribution is 0.275. The second-order valence-corrected chi connectivity index (χ2v) is 5.76. The first kappa shape index (κ1) is 15.8. The van der Waals surface area contributed by atoms with Crippen LogP contribution in [0.15, 0.2) is 36.4 Å². The first-order valence-corrected chi connectivity index (χ1v) is 7.23. The Labute approximate surface area is 129 Å². The monoisotopic (exact) mass is 308 g/mol. The molecule has 2 aromatic rings. The minimum Gasteiger partial charge on any atom is -0.452 e. The number of rotatable bonds is 5. The quantitative estimate of drug-likeness (QED) is 0.845. The maximum absolute atomic E-state index is 13.8. The summed E-state index contributed by atoms with van der Waals surface area (Å²) < 4.78 is 19.3. The Morgan fingerprint density at radius 1 is 1.24 bits per heavy atom. The SMILES string of the molecule is CC(C)Cc1ccc(Oc2c(F)cccc2Cl)c(CO)c1. The average molecular weight is 309 g/mol. The number of aliphatic hydroxyl groups is 1. The van der Waals surface area contributed by atoms with Gasteiger partial charge in [-0.05, 0) is 42.2 Å². The van der Waals surface area contributed by atoms with Gasteiger partial charge in [0.1, 0.15) is 5.75 Å². The highest BCUT2D eigenvalue weighted by Crippen LogP contribution is 2.34. The minimum absolute atomic E-state index is 0.0227. The van der Waals surface area contributed by atoms with Gasteiger partial charge in [0.05, 0.1) is 11.6 Å². The van der Waals surface area contributed by atoms with Crippen LogP contribution in [0.4, 0.5) is 4.39 Å². The van der Waals surface area contributed by atoms with E-state index in [0.717, 1.165) is 12.0 Å². The van der Waals surface area contributed by atoms with Crippen molar-refractivity contribution in [2.24, 2.45) is 5.92 Å². The number of para-hydroxylation sites is 1. The summed E-state index contributed by atoms with van der Waals surface area (Å²) in [6, 6.07) is 9.90. The van der Waals surface area contributed by atoms with Gasteiger partial charge < -0.3 is 9.84 Å². The van der Waals surface area contributed by atoms with Crippen molar-refractivity contribution in [2.75, 3.05) is 0 Å². The van der Waals surface area contributed by atoms with Crippen molar-refractivity contribution in [3.63, 3.8) is 0 Å². The van der Waals surface area contributed by atoms with Crippen molar-refractivity contribution >= 4 is 11.6 Å². The topological polar surface area (TPSA) is 29.5 Å². The second kappa shape index (κ2) is 6.92. The molecule has 0 heterocycles. The lowest BCUT2D eigenvalue weighted by atomic mass is 10.0. The predicted octanol–water partition coefficient (Wildman–Crippen LogP) is 4.96. The summed E-state index contributed by atoms with van der Waals surface area (Å²) in [5.74, 6) is 0.379. The molecule has 112 valence electrons. The molecule has 2 nitrogen and oxygen atoms in total. The molecule has 0 aromatic heterocycles. The molecule has 0 aliphatic carbocycles. The Hall–Kier alpha value is -1.58. The molecular weight excluding hydrogens is 291 g/mol. The van der Waals surface area contributed by atoms with Gasteiger partial charge in [-0.2, -0.15) is 0 Å². The van der Waals surface area contributed by atoms with Crippen molar-refractivity contribution in [3.05, 3.63) is 58.4 Å². The van der Waals surface area contributed by atoms with Crippen molar-refractivity contribution in [2.45, 2.75) is 26.9 Å². The summed E-state index contributed by atoms with van der Waals surface area (Å²) in [4.78, 5) is 0. The van der Waals surface area contributed by atoms with E-state index in [9.17, 15) is 9.50 Å². The lowest BCUT2D eigenvalue weighted by Gasteiger charge is -2.14. The van der Waals surface area contributed by atoms with Gasteiger partial charge in [-0.1, -0.05) is 37.6 Å². The predicted molar refractivity (Wildman–Crippen MR) is 82.4 cm³/mol. The molecule has 0 bridgehead atoms. The maximum atomic E-state index is 13.8.